The first-order chi connectivity index (χ1) is 5.95. The molecule has 2 N–H and O–H groups in total. The topological polar surface area (TPSA) is 34.8 Å². The van der Waals surface area contributed by atoms with Gasteiger partial charge in [0.05, 0.1) is 12.6 Å². The minimum absolute atomic E-state index is 0.458. The van der Waals surface area contributed by atoms with E-state index in [1.165, 1.54) is 5.56 Å². The van der Waals surface area contributed by atoms with Crippen molar-refractivity contribution in [1.82, 2.24) is 4.68 Å². The summed E-state index contributed by atoms with van der Waals surface area (Å²) >= 11 is 0. The van der Waals surface area contributed by atoms with Crippen molar-refractivity contribution in [3.05, 3.63) is 11.8 Å². The Morgan fingerprint density at radius 2 is 1.85 bits per heavy atom. The van der Waals surface area contributed by atoms with Gasteiger partial charge < -0.3 is 5.73 Å². The molecule has 0 aromatic carbocycles. The van der Waals surface area contributed by atoms with Gasteiger partial charge in [0, 0.05) is 0 Å². The summed E-state index contributed by atoms with van der Waals surface area (Å²) in [5, 5.41) is 0. The molecule has 3 heteroatoms. The monoisotopic (exact) mass is 182 g/mol. The van der Waals surface area contributed by atoms with Crippen LogP contribution >= 0.6 is 0 Å². The molecule has 0 aliphatic heterocycles. The van der Waals surface area contributed by atoms with Crippen LogP contribution in [0.1, 0.15) is 45.2 Å². The number of hydrogen-bond acceptors (Lipinski definition) is 1. The highest BCUT2D eigenvalue weighted by Crippen LogP contribution is 2.19. The number of rotatable bonds is 2. The van der Waals surface area contributed by atoms with Crippen LogP contribution in [0.15, 0.2) is 6.20 Å². The Kier molecular flexibility index (Phi) is 2.64. The van der Waals surface area contributed by atoms with Gasteiger partial charge in [0.2, 0.25) is 6.20 Å². The molecule has 0 saturated carbocycles. The van der Waals surface area contributed by atoms with Gasteiger partial charge in [-0.25, -0.2) is 0 Å². The zero-order chi connectivity index (χ0) is 10.2. The van der Waals surface area contributed by atoms with Crippen LogP contribution in [0.25, 0.3) is 0 Å². The molecule has 0 fully saturated rings. The molecule has 0 unspecified atom stereocenters. The van der Waals surface area contributed by atoms with Crippen LogP contribution in [0, 0.1) is 0 Å². The van der Waals surface area contributed by atoms with Crippen LogP contribution < -0.4 is 10.4 Å². The minimum Gasteiger partial charge on any atom is -0.380 e. The second kappa shape index (κ2) is 3.40. The molecule has 1 aromatic heterocycles. The number of anilines is 1. The molecule has 74 valence electrons. The fourth-order valence-corrected chi connectivity index (χ4v) is 1.55. The Hall–Kier alpha value is -0.990. The predicted molar refractivity (Wildman–Crippen MR) is 54.5 cm³/mol. The summed E-state index contributed by atoms with van der Waals surface area (Å²) in [7, 11) is 2.00. The Morgan fingerprint density at radius 1 is 1.31 bits per heavy atom. The maximum atomic E-state index is 5.98. The summed E-state index contributed by atoms with van der Waals surface area (Å²) in [5.41, 5.74) is 7.22. The second-order valence-electron chi connectivity index (χ2n) is 4.12. The first-order valence-electron chi connectivity index (χ1n) is 4.81. The summed E-state index contributed by atoms with van der Waals surface area (Å²) in [6.45, 7) is 8.64. The maximum Gasteiger partial charge on any atom is 0.201 e. The van der Waals surface area contributed by atoms with E-state index >= 15 is 0 Å². The molecule has 0 atom stereocenters. The average Bonchev–Trinajstić information content (AvgIpc) is 2.29. The van der Waals surface area contributed by atoms with Crippen LogP contribution in [0.3, 0.4) is 0 Å². The van der Waals surface area contributed by atoms with Crippen molar-refractivity contribution in [3.63, 3.8) is 0 Å². The summed E-state index contributed by atoms with van der Waals surface area (Å²) in [6.07, 6.45) is 2.14. The van der Waals surface area contributed by atoms with Gasteiger partial charge in [0.1, 0.15) is 0 Å². The molecule has 0 radical (unpaired) electrons. The number of nitrogens with zero attached hydrogens (tertiary/aromatic N) is 2. The largest absolute Gasteiger partial charge is 0.380 e. The Balaban J connectivity index is 3.20. The third kappa shape index (κ3) is 1.69. The lowest BCUT2D eigenvalue weighted by Gasteiger charge is -2.00. The fourth-order valence-electron chi connectivity index (χ4n) is 1.55. The molecule has 13 heavy (non-hydrogen) atoms. The van der Waals surface area contributed by atoms with Crippen molar-refractivity contribution >= 4 is 5.82 Å². The van der Waals surface area contributed by atoms with Gasteiger partial charge in [0.25, 0.3) is 0 Å². The molecular formula is C10H20N3+. The Bertz CT molecular complexity index is 269. The van der Waals surface area contributed by atoms with Crippen molar-refractivity contribution in [2.45, 2.75) is 39.7 Å². The molecule has 3 nitrogen and oxygen atoms in total. The summed E-state index contributed by atoms with van der Waals surface area (Å²) < 4.78 is 4.17. The lowest BCUT2D eigenvalue weighted by molar-refractivity contribution is -0.789. The lowest BCUT2D eigenvalue weighted by atomic mass is 10.1. The van der Waals surface area contributed by atoms with E-state index in [-0.39, 0.29) is 0 Å². The number of hydrogen-bond donors (Lipinski definition) is 1. The summed E-state index contributed by atoms with van der Waals surface area (Å²) in [4.78, 5) is 0. The van der Waals surface area contributed by atoms with Crippen molar-refractivity contribution in [2.75, 3.05) is 5.73 Å². The Labute approximate surface area is 80.1 Å². The van der Waals surface area contributed by atoms with E-state index in [1.54, 1.807) is 0 Å². The standard InChI is InChI=1S/C10H19N3/c1-7(2)9-6-13(8(3)4)12(5)10(9)11/h6-8,11H,1-5H3/p+1. The highest BCUT2D eigenvalue weighted by molar-refractivity contribution is 5.38. The van der Waals surface area contributed by atoms with Gasteiger partial charge >= 0.3 is 0 Å². The van der Waals surface area contributed by atoms with Gasteiger partial charge in [-0.1, -0.05) is 13.8 Å². The second-order valence-corrected chi connectivity index (χ2v) is 4.12. The lowest BCUT2D eigenvalue weighted by Crippen LogP contribution is -2.43. The molecular weight excluding hydrogens is 162 g/mol. The molecule has 0 aliphatic carbocycles. The summed E-state index contributed by atoms with van der Waals surface area (Å²) in [5.74, 6) is 1.37. The normalized spacial score (nSPS) is 11.6. The van der Waals surface area contributed by atoms with Gasteiger partial charge in [-0.2, -0.15) is 0 Å². The zero-order valence-electron chi connectivity index (χ0n) is 9.20. The van der Waals surface area contributed by atoms with E-state index in [0.29, 0.717) is 12.0 Å². The fraction of sp³-hybridized carbons (Fsp3) is 0.700. The zero-order valence-corrected chi connectivity index (χ0v) is 9.20. The van der Waals surface area contributed by atoms with Crippen molar-refractivity contribution < 1.29 is 4.68 Å². The highest BCUT2D eigenvalue weighted by Gasteiger charge is 2.20. The van der Waals surface area contributed by atoms with Crippen molar-refractivity contribution in [2.24, 2.45) is 7.05 Å². The van der Waals surface area contributed by atoms with Crippen LogP contribution in [0.4, 0.5) is 5.82 Å². The minimum atomic E-state index is 0.458. The molecule has 1 rings (SSSR count). The number of aromatic nitrogens is 2. The van der Waals surface area contributed by atoms with Crippen molar-refractivity contribution in [1.29, 1.82) is 0 Å². The third-order valence-electron chi connectivity index (χ3n) is 2.41. The van der Waals surface area contributed by atoms with Crippen molar-refractivity contribution in [3.8, 4) is 0 Å². The van der Waals surface area contributed by atoms with Crippen LogP contribution in [0.2, 0.25) is 0 Å². The van der Waals surface area contributed by atoms with Gasteiger partial charge in [-0.05, 0) is 19.8 Å². The van der Waals surface area contributed by atoms with Crippen LogP contribution in [0.5, 0.6) is 0 Å². The van der Waals surface area contributed by atoms with Crippen LogP contribution in [-0.4, -0.2) is 4.68 Å². The SMILES string of the molecule is CC(C)c1c[n+](C(C)C)n(C)c1N. The highest BCUT2D eigenvalue weighted by atomic mass is 15.4. The van der Waals surface area contributed by atoms with Crippen LogP contribution in [-0.2, 0) is 7.05 Å². The van der Waals surface area contributed by atoms with E-state index in [1.807, 2.05) is 11.7 Å². The molecule has 0 amide bonds. The van der Waals surface area contributed by atoms with Gasteiger partial charge in [-0.15, -0.1) is 9.36 Å². The number of nitrogens with two attached hydrogens (primary N) is 1. The Morgan fingerprint density at radius 3 is 2.08 bits per heavy atom. The molecule has 1 heterocycles. The summed E-state index contributed by atoms with van der Waals surface area (Å²) in [6, 6.07) is 0.458. The van der Waals surface area contributed by atoms with E-state index in [9.17, 15) is 0 Å². The van der Waals surface area contributed by atoms with E-state index in [4.69, 9.17) is 5.73 Å². The van der Waals surface area contributed by atoms with Gasteiger partial charge in [0.15, 0.2) is 11.9 Å². The first kappa shape index (κ1) is 10.1. The van der Waals surface area contributed by atoms with E-state index in [0.717, 1.165) is 5.82 Å². The first-order valence-corrected chi connectivity index (χ1v) is 4.81. The van der Waals surface area contributed by atoms with Gasteiger partial charge in [-0.3, -0.25) is 0 Å². The van der Waals surface area contributed by atoms with E-state index in [2.05, 4.69) is 38.6 Å². The molecule has 0 bridgehead atoms. The smallest absolute Gasteiger partial charge is 0.201 e. The van der Waals surface area contributed by atoms with E-state index < -0.39 is 0 Å². The molecule has 1 aromatic rings. The maximum absolute atomic E-state index is 5.98. The molecule has 0 aliphatic rings. The molecule has 0 saturated heterocycles. The molecule has 0 spiro atoms. The third-order valence-corrected chi connectivity index (χ3v) is 2.41. The number of nitrogen functional groups attached to an aromatic ring is 1. The predicted octanol–water partition coefficient (Wildman–Crippen LogP) is 1.60. The average molecular weight is 182 g/mol. The quantitative estimate of drug-likeness (QED) is 0.693.